The van der Waals surface area contributed by atoms with Crippen LogP contribution in [-0.2, 0) is 37.8 Å². The molecule has 0 N–H and O–H groups in total. The molecule has 0 radical (unpaired) electrons. The highest BCUT2D eigenvalue weighted by Crippen LogP contribution is 2.20. The molecular weight excluding hydrogens is 298 g/mol. The number of fused-ring (bicyclic) bond motifs is 1. The van der Waals surface area contributed by atoms with Crippen LogP contribution in [0.3, 0.4) is 0 Å². The molecule has 0 aromatic carbocycles. The van der Waals surface area contributed by atoms with Crippen LogP contribution in [0.4, 0.5) is 0 Å². The molecule has 1 aliphatic heterocycles. The zero-order chi connectivity index (χ0) is 15.7. The Morgan fingerprint density at radius 2 is 2.27 bits per heavy atom. The number of hydrogen-bond acceptors (Lipinski definition) is 5. The quantitative estimate of drug-likeness (QED) is 0.846. The fourth-order valence-corrected chi connectivity index (χ4v) is 3.44. The van der Waals surface area contributed by atoms with E-state index in [9.17, 15) is 4.79 Å². The molecule has 22 heavy (non-hydrogen) atoms. The van der Waals surface area contributed by atoms with E-state index in [-0.39, 0.29) is 5.91 Å². The average Bonchev–Trinajstić information content (AvgIpc) is 3.06. The van der Waals surface area contributed by atoms with Gasteiger partial charge < -0.3 is 9.47 Å². The number of aromatic nitrogens is 3. The third kappa shape index (κ3) is 3.20. The molecule has 118 valence electrons. The van der Waals surface area contributed by atoms with Gasteiger partial charge in [-0.15, -0.1) is 11.3 Å². The van der Waals surface area contributed by atoms with Crippen molar-refractivity contribution in [3.63, 3.8) is 0 Å². The van der Waals surface area contributed by atoms with Gasteiger partial charge in [0.15, 0.2) is 0 Å². The molecule has 0 spiro atoms. The number of thiazole rings is 1. The first-order valence-corrected chi connectivity index (χ1v) is 8.25. The highest BCUT2D eigenvalue weighted by atomic mass is 32.1. The summed E-state index contributed by atoms with van der Waals surface area (Å²) in [4.78, 5) is 24.7. The monoisotopic (exact) mass is 319 g/mol. The van der Waals surface area contributed by atoms with E-state index < -0.39 is 0 Å². The van der Waals surface area contributed by atoms with E-state index in [1.54, 1.807) is 30.3 Å². The van der Waals surface area contributed by atoms with Gasteiger partial charge in [-0.25, -0.2) is 9.97 Å². The number of imidazole rings is 1. The highest BCUT2D eigenvalue weighted by molar-refractivity contribution is 7.09. The molecule has 1 aliphatic rings. The van der Waals surface area contributed by atoms with Gasteiger partial charge in [0.25, 0.3) is 0 Å². The number of rotatable bonds is 4. The molecule has 0 atom stereocenters. The molecule has 3 rings (SSSR count). The van der Waals surface area contributed by atoms with Gasteiger partial charge in [-0.05, 0) is 0 Å². The minimum absolute atomic E-state index is 0.0944. The van der Waals surface area contributed by atoms with Crippen molar-refractivity contribution in [3.05, 3.63) is 33.8 Å². The lowest BCUT2D eigenvalue weighted by Gasteiger charge is -2.25. The molecule has 0 saturated carbocycles. The third-order valence-corrected chi connectivity index (χ3v) is 4.87. The fraction of sp³-hybridized carbons (Fsp3) is 0.533. The number of carbonyl (C=O) groups is 1. The van der Waals surface area contributed by atoms with Crippen LogP contribution >= 0.6 is 11.3 Å². The molecule has 0 bridgehead atoms. The lowest BCUT2D eigenvalue weighted by molar-refractivity contribution is -0.127. The standard InChI is InChI=1S/C15H21N5OS/c1-18(2)15(21)6-14-17-11(9-22-14)7-20-5-4-13-12(8-20)16-10-19(13)3/h9-10H,4-8H2,1-3H3. The SMILES string of the molecule is CN(C)C(=O)Cc1nc(CN2CCc3c(ncn3C)C2)cs1. The van der Waals surface area contributed by atoms with Crippen molar-refractivity contribution in [2.24, 2.45) is 7.05 Å². The van der Waals surface area contributed by atoms with Crippen molar-refractivity contribution >= 4 is 17.2 Å². The summed E-state index contributed by atoms with van der Waals surface area (Å²) in [6, 6.07) is 0. The molecule has 7 heteroatoms. The predicted molar refractivity (Wildman–Crippen MR) is 85.5 cm³/mol. The molecule has 0 unspecified atom stereocenters. The van der Waals surface area contributed by atoms with E-state index in [1.165, 1.54) is 11.4 Å². The lowest BCUT2D eigenvalue weighted by atomic mass is 10.1. The maximum absolute atomic E-state index is 11.7. The maximum Gasteiger partial charge on any atom is 0.228 e. The smallest absolute Gasteiger partial charge is 0.228 e. The minimum atomic E-state index is 0.0944. The third-order valence-electron chi connectivity index (χ3n) is 3.97. The van der Waals surface area contributed by atoms with Crippen molar-refractivity contribution < 1.29 is 4.79 Å². The number of aryl methyl sites for hydroxylation is 1. The van der Waals surface area contributed by atoms with Crippen LogP contribution in [0.1, 0.15) is 22.1 Å². The first kappa shape index (κ1) is 15.2. The summed E-state index contributed by atoms with van der Waals surface area (Å²) in [5.41, 5.74) is 3.56. The first-order chi connectivity index (χ1) is 10.5. The Balaban J connectivity index is 1.60. The molecule has 2 aromatic heterocycles. The summed E-state index contributed by atoms with van der Waals surface area (Å²) < 4.78 is 2.11. The molecule has 6 nitrogen and oxygen atoms in total. The van der Waals surface area contributed by atoms with Gasteiger partial charge in [0.1, 0.15) is 5.01 Å². The van der Waals surface area contributed by atoms with E-state index in [1.807, 2.05) is 6.33 Å². The Bertz CT molecular complexity index is 675. The van der Waals surface area contributed by atoms with Gasteiger partial charge in [0.05, 0.1) is 24.1 Å². The van der Waals surface area contributed by atoms with Crippen molar-refractivity contribution in [3.8, 4) is 0 Å². The van der Waals surface area contributed by atoms with Gasteiger partial charge in [-0.3, -0.25) is 9.69 Å². The number of amides is 1. The molecule has 2 aromatic rings. The molecule has 0 aliphatic carbocycles. The number of hydrogen-bond donors (Lipinski definition) is 0. The Hall–Kier alpha value is -1.73. The van der Waals surface area contributed by atoms with Gasteiger partial charge in [-0.2, -0.15) is 0 Å². The summed E-state index contributed by atoms with van der Waals surface area (Å²) in [5.74, 6) is 0.0944. The summed E-state index contributed by atoms with van der Waals surface area (Å²) in [6.07, 6.45) is 3.31. The summed E-state index contributed by atoms with van der Waals surface area (Å²) >= 11 is 1.57. The molecule has 0 fully saturated rings. The summed E-state index contributed by atoms with van der Waals surface area (Å²) in [6.45, 7) is 2.72. The minimum Gasteiger partial charge on any atom is -0.348 e. The number of nitrogens with zero attached hydrogens (tertiary/aromatic N) is 5. The fourth-order valence-electron chi connectivity index (χ4n) is 2.67. The lowest BCUT2D eigenvalue weighted by Crippen LogP contribution is -2.30. The van der Waals surface area contributed by atoms with Crippen molar-refractivity contribution in [1.29, 1.82) is 0 Å². The van der Waals surface area contributed by atoms with Crippen LogP contribution in [0.5, 0.6) is 0 Å². The second-order valence-electron chi connectivity index (χ2n) is 5.91. The van der Waals surface area contributed by atoms with Crippen LogP contribution in [-0.4, -0.2) is 50.9 Å². The predicted octanol–water partition coefficient (Wildman–Crippen LogP) is 1.07. The molecule has 1 amide bonds. The van der Waals surface area contributed by atoms with E-state index in [0.29, 0.717) is 6.42 Å². The second-order valence-corrected chi connectivity index (χ2v) is 6.85. The second kappa shape index (κ2) is 6.18. The Morgan fingerprint density at radius 3 is 3.05 bits per heavy atom. The molecular formula is C15H21N5OS. The Labute approximate surface area is 134 Å². The van der Waals surface area contributed by atoms with Crippen molar-refractivity contribution in [2.45, 2.75) is 25.9 Å². The highest BCUT2D eigenvalue weighted by Gasteiger charge is 2.20. The van der Waals surface area contributed by atoms with Gasteiger partial charge in [0.2, 0.25) is 5.91 Å². The zero-order valence-corrected chi connectivity index (χ0v) is 14.1. The van der Waals surface area contributed by atoms with Crippen molar-refractivity contribution in [2.75, 3.05) is 20.6 Å². The largest absolute Gasteiger partial charge is 0.348 e. The van der Waals surface area contributed by atoms with Gasteiger partial charge >= 0.3 is 0 Å². The van der Waals surface area contributed by atoms with Crippen LogP contribution in [0.2, 0.25) is 0 Å². The number of carbonyl (C=O) groups excluding carboxylic acids is 1. The Morgan fingerprint density at radius 1 is 1.45 bits per heavy atom. The van der Waals surface area contributed by atoms with Crippen LogP contribution in [0, 0.1) is 0 Å². The Kier molecular flexibility index (Phi) is 4.26. The van der Waals surface area contributed by atoms with Crippen LogP contribution < -0.4 is 0 Å². The zero-order valence-electron chi connectivity index (χ0n) is 13.2. The van der Waals surface area contributed by atoms with Crippen LogP contribution in [0.15, 0.2) is 11.7 Å². The maximum atomic E-state index is 11.7. The molecule has 3 heterocycles. The van der Waals surface area contributed by atoms with E-state index in [4.69, 9.17) is 0 Å². The normalized spacial score (nSPS) is 14.9. The van der Waals surface area contributed by atoms with E-state index >= 15 is 0 Å². The van der Waals surface area contributed by atoms with Crippen molar-refractivity contribution in [1.82, 2.24) is 24.3 Å². The first-order valence-electron chi connectivity index (χ1n) is 7.38. The van der Waals surface area contributed by atoms with E-state index in [0.717, 1.165) is 36.8 Å². The summed E-state index contributed by atoms with van der Waals surface area (Å²) in [5, 5.41) is 2.95. The molecule has 0 saturated heterocycles. The van der Waals surface area contributed by atoms with E-state index in [2.05, 4.69) is 31.9 Å². The van der Waals surface area contributed by atoms with Crippen LogP contribution in [0.25, 0.3) is 0 Å². The van der Waals surface area contributed by atoms with Gasteiger partial charge in [0, 0.05) is 58.3 Å². The number of likely N-dealkylation sites (N-methyl/N-ethyl adjacent to an activating group) is 1. The van der Waals surface area contributed by atoms with Gasteiger partial charge in [-0.1, -0.05) is 0 Å². The topological polar surface area (TPSA) is 54.3 Å². The summed E-state index contributed by atoms with van der Waals surface area (Å²) in [7, 11) is 5.60. The average molecular weight is 319 g/mol.